The number of nitrogens with one attached hydrogen (secondary N) is 2. The molecule has 0 aromatic heterocycles. The van der Waals surface area contributed by atoms with Crippen molar-refractivity contribution in [3.63, 3.8) is 0 Å². The monoisotopic (exact) mass is 470 g/mol. The van der Waals surface area contributed by atoms with E-state index in [0.29, 0.717) is 41.0 Å². The van der Waals surface area contributed by atoms with E-state index in [4.69, 9.17) is 32.7 Å². The van der Waals surface area contributed by atoms with Gasteiger partial charge in [-0.2, -0.15) is 11.8 Å². The van der Waals surface area contributed by atoms with Gasteiger partial charge in [-0.05, 0) is 55.7 Å². The Morgan fingerprint density at radius 2 is 1.90 bits per heavy atom. The van der Waals surface area contributed by atoms with Crippen LogP contribution in [0.1, 0.15) is 23.7 Å². The number of methoxy groups -OCH3 is 1. The van der Waals surface area contributed by atoms with Crippen LogP contribution in [0.25, 0.3) is 0 Å². The van der Waals surface area contributed by atoms with Crippen LogP contribution in [-0.4, -0.2) is 43.6 Å². The third-order valence-electron chi connectivity index (χ3n) is 4.14. The van der Waals surface area contributed by atoms with Crippen LogP contribution in [0, 0.1) is 0 Å². The van der Waals surface area contributed by atoms with Gasteiger partial charge in [0.15, 0.2) is 11.5 Å². The zero-order valence-corrected chi connectivity index (χ0v) is 19.3. The maximum absolute atomic E-state index is 12.9. The SMILES string of the molecule is CCOc1ccc(NC(=O)C(CCSC)NC(=O)c2ccc(Cl)cc2Cl)cc1OC. The quantitative estimate of drug-likeness (QED) is 0.516. The smallest absolute Gasteiger partial charge is 0.253 e. The van der Waals surface area contributed by atoms with E-state index >= 15 is 0 Å². The lowest BCUT2D eigenvalue weighted by Gasteiger charge is -2.19. The summed E-state index contributed by atoms with van der Waals surface area (Å²) in [6, 6.07) is 8.96. The zero-order valence-electron chi connectivity index (χ0n) is 17.0. The van der Waals surface area contributed by atoms with Crippen LogP contribution in [0.3, 0.4) is 0 Å². The van der Waals surface area contributed by atoms with Gasteiger partial charge >= 0.3 is 0 Å². The molecule has 0 saturated heterocycles. The minimum Gasteiger partial charge on any atom is -0.493 e. The van der Waals surface area contributed by atoms with Gasteiger partial charge in [0.25, 0.3) is 5.91 Å². The lowest BCUT2D eigenvalue weighted by molar-refractivity contribution is -0.118. The molecule has 0 aliphatic heterocycles. The predicted molar refractivity (Wildman–Crippen MR) is 124 cm³/mol. The van der Waals surface area contributed by atoms with Crippen LogP contribution in [0.15, 0.2) is 36.4 Å². The molecule has 30 heavy (non-hydrogen) atoms. The molecule has 0 radical (unpaired) electrons. The highest BCUT2D eigenvalue weighted by Crippen LogP contribution is 2.30. The molecule has 1 unspecified atom stereocenters. The van der Waals surface area contributed by atoms with Crippen LogP contribution >= 0.6 is 35.0 Å². The minimum absolute atomic E-state index is 0.222. The Hall–Kier alpha value is -2.09. The Morgan fingerprint density at radius 3 is 2.53 bits per heavy atom. The van der Waals surface area contributed by atoms with Gasteiger partial charge in [-0.25, -0.2) is 0 Å². The van der Waals surface area contributed by atoms with E-state index in [2.05, 4.69) is 10.6 Å². The number of halogens is 2. The molecule has 0 saturated carbocycles. The van der Waals surface area contributed by atoms with Gasteiger partial charge in [-0.15, -0.1) is 0 Å². The fraction of sp³-hybridized carbons (Fsp3) is 0.333. The Balaban J connectivity index is 2.15. The molecule has 0 aliphatic carbocycles. The molecule has 2 aromatic carbocycles. The summed E-state index contributed by atoms with van der Waals surface area (Å²) < 4.78 is 10.8. The van der Waals surface area contributed by atoms with Gasteiger partial charge in [-0.1, -0.05) is 23.2 Å². The molecule has 2 aromatic rings. The fourth-order valence-electron chi connectivity index (χ4n) is 2.66. The van der Waals surface area contributed by atoms with Gasteiger partial charge < -0.3 is 20.1 Å². The van der Waals surface area contributed by atoms with E-state index in [1.807, 2.05) is 13.2 Å². The minimum atomic E-state index is -0.741. The van der Waals surface area contributed by atoms with Crippen LogP contribution in [0.2, 0.25) is 10.0 Å². The summed E-state index contributed by atoms with van der Waals surface area (Å²) in [6.07, 6.45) is 2.39. The number of thioether (sulfide) groups is 1. The van der Waals surface area contributed by atoms with Crippen molar-refractivity contribution in [1.82, 2.24) is 5.32 Å². The highest BCUT2D eigenvalue weighted by molar-refractivity contribution is 7.98. The number of benzene rings is 2. The summed E-state index contributed by atoms with van der Waals surface area (Å²) >= 11 is 13.6. The molecule has 0 spiro atoms. The first kappa shape index (κ1) is 24.2. The standard InChI is InChI=1S/C21H24Cl2N2O4S/c1-4-29-18-8-6-14(12-19(18)28-2)24-21(27)17(9-10-30-3)25-20(26)15-7-5-13(22)11-16(15)23/h5-8,11-12,17H,4,9-10H2,1-3H3,(H,24,27)(H,25,26). The molecule has 2 rings (SSSR count). The molecular weight excluding hydrogens is 447 g/mol. The highest BCUT2D eigenvalue weighted by Gasteiger charge is 2.23. The first-order chi connectivity index (χ1) is 14.4. The van der Waals surface area contributed by atoms with E-state index in [1.54, 1.807) is 36.0 Å². The number of amides is 2. The summed E-state index contributed by atoms with van der Waals surface area (Å²) in [5.74, 6) is 1.00. The normalized spacial score (nSPS) is 11.5. The maximum atomic E-state index is 12.9. The van der Waals surface area contributed by atoms with E-state index in [-0.39, 0.29) is 16.5 Å². The van der Waals surface area contributed by atoms with Gasteiger partial charge in [0, 0.05) is 16.8 Å². The second-order valence-electron chi connectivity index (χ2n) is 6.22. The van der Waals surface area contributed by atoms with Crippen molar-refractivity contribution in [3.05, 3.63) is 52.0 Å². The third-order valence-corrected chi connectivity index (χ3v) is 5.33. The molecule has 0 heterocycles. The number of carbonyl (C=O) groups is 2. The summed E-state index contributed by atoms with van der Waals surface area (Å²) in [7, 11) is 1.53. The van der Waals surface area contributed by atoms with Gasteiger partial charge in [0.05, 0.1) is 24.3 Å². The van der Waals surface area contributed by atoms with E-state index in [1.165, 1.54) is 19.2 Å². The van der Waals surface area contributed by atoms with Crippen molar-refractivity contribution < 1.29 is 19.1 Å². The molecule has 0 bridgehead atoms. The number of carbonyl (C=O) groups excluding carboxylic acids is 2. The number of hydrogen-bond donors (Lipinski definition) is 2. The third kappa shape index (κ3) is 6.72. The van der Waals surface area contributed by atoms with E-state index in [9.17, 15) is 9.59 Å². The Labute approximate surface area is 190 Å². The lowest BCUT2D eigenvalue weighted by atomic mass is 10.1. The fourth-order valence-corrected chi connectivity index (χ4v) is 3.63. The summed E-state index contributed by atoms with van der Waals surface area (Å²) in [4.78, 5) is 25.5. The second-order valence-corrected chi connectivity index (χ2v) is 8.05. The van der Waals surface area contributed by atoms with Gasteiger partial charge in [0.1, 0.15) is 6.04 Å². The molecule has 2 amide bonds. The van der Waals surface area contributed by atoms with Crippen molar-refractivity contribution >= 4 is 52.5 Å². The molecular formula is C21H24Cl2N2O4S. The summed E-state index contributed by atoms with van der Waals surface area (Å²) in [5.41, 5.74) is 0.791. The number of hydrogen-bond acceptors (Lipinski definition) is 5. The summed E-state index contributed by atoms with van der Waals surface area (Å²) in [5, 5.41) is 6.23. The van der Waals surface area contributed by atoms with Crippen LogP contribution in [0.5, 0.6) is 11.5 Å². The Kier molecular flexibility index (Phi) is 9.62. The van der Waals surface area contributed by atoms with Crippen molar-refractivity contribution in [3.8, 4) is 11.5 Å². The van der Waals surface area contributed by atoms with Crippen molar-refractivity contribution in [2.45, 2.75) is 19.4 Å². The van der Waals surface area contributed by atoms with Crippen LogP contribution in [-0.2, 0) is 4.79 Å². The van der Waals surface area contributed by atoms with Crippen molar-refractivity contribution in [2.75, 3.05) is 31.0 Å². The molecule has 1 atom stereocenters. The van der Waals surface area contributed by atoms with Crippen LogP contribution < -0.4 is 20.1 Å². The topological polar surface area (TPSA) is 76.7 Å². The molecule has 0 aliphatic rings. The number of anilines is 1. The number of ether oxygens (including phenoxy) is 2. The Morgan fingerprint density at radius 1 is 1.13 bits per heavy atom. The number of rotatable bonds is 10. The first-order valence-corrected chi connectivity index (χ1v) is 11.4. The molecule has 6 nitrogen and oxygen atoms in total. The average molecular weight is 471 g/mol. The average Bonchev–Trinajstić information content (AvgIpc) is 2.72. The second kappa shape index (κ2) is 11.9. The molecule has 2 N–H and O–H groups in total. The Bertz CT molecular complexity index is 895. The predicted octanol–water partition coefficient (Wildman–Crippen LogP) is 4.89. The zero-order chi connectivity index (χ0) is 22.1. The van der Waals surface area contributed by atoms with Crippen molar-refractivity contribution in [1.29, 1.82) is 0 Å². The van der Waals surface area contributed by atoms with E-state index in [0.717, 1.165) is 0 Å². The van der Waals surface area contributed by atoms with Gasteiger partial charge in [0.2, 0.25) is 5.91 Å². The molecule has 0 fully saturated rings. The largest absolute Gasteiger partial charge is 0.493 e. The van der Waals surface area contributed by atoms with Gasteiger partial charge in [-0.3, -0.25) is 9.59 Å². The highest BCUT2D eigenvalue weighted by atomic mass is 35.5. The molecule has 162 valence electrons. The maximum Gasteiger partial charge on any atom is 0.253 e. The first-order valence-electron chi connectivity index (χ1n) is 9.26. The van der Waals surface area contributed by atoms with E-state index < -0.39 is 11.9 Å². The van der Waals surface area contributed by atoms with Crippen LogP contribution in [0.4, 0.5) is 5.69 Å². The lowest BCUT2D eigenvalue weighted by Crippen LogP contribution is -2.44. The molecule has 9 heteroatoms. The summed E-state index contributed by atoms with van der Waals surface area (Å²) in [6.45, 7) is 2.37. The van der Waals surface area contributed by atoms with Crippen molar-refractivity contribution in [2.24, 2.45) is 0 Å².